The number of nitrogens with zero attached hydrogens (tertiary/aromatic N) is 2. The molecule has 130 valence electrons. The molecule has 1 saturated carbocycles. The van der Waals surface area contributed by atoms with Gasteiger partial charge in [0.2, 0.25) is 5.91 Å². The van der Waals surface area contributed by atoms with Gasteiger partial charge in [0.25, 0.3) is 0 Å². The van der Waals surface area contributed by atoms with Crippen molar-refractivity contribution >= 4 is 27.5 Å². The highest BCUT2D eigenvalue weighted by Gasteiger charge is 2.47. The SMILES string of the molecule is O=C(NCc1cn2cc(Br)ccc2n1)C1CCCCC1C(F)(F)F. The first kappa shape index (κ1) is 17.3. The Morgan fingerprint density at radius 2 is 2.04 bits per heavy atom. The van der Waals surface area contributed by atoms with Crippen LogP contribution in [0.3, 0.4) is 0 Å². The summed E-state index contributed by atoms with van der Waals surface area (Å²) in [5, 5.41) is 2.62. The highest BCUT2D eigenvalue weighted by molar-refractivity contribution is 9.10. The molecule has 2 aromatic rings. The van der Waals surface area contributed by atoms with Crippen molar-refractivity contribution in [1.82, 2.24) is 14.7 Å². The molecule has 2 heterocycles. The molecule has 0 aromatic carbocycles. The molecule has 4 nitrogen and oxygen atoms in total. The molecule has 1 fully saturated rings. The van der Waals surface area contributed by atoms with E-state index in [9.17, 15) is 18.0 Å². The average molecular weight is 404 g/mol. The van der Waals surface area contributed by atoms with Gasteiger partial charge in [0, 0.05) is 22.8 Å². The number of rotatable bonds is 3. The summed E-state index contributed by atoms with van der Waals surface area (Å²) in [7, 11) is 0. The summed E-state index contributed by atoms with van der Waals surface area (Å²) in [5.74, 6) is -3.07. The summed E-state index contributed by atoms with van der Waals surface area (Å²) in [4.78, 5) is 16.6. The van der Waals surface area contributed by atoms with Crippen LogP contribution in [0.15, 0.2) is 29.0 Å². The van der Waals surface area contributed by atoms with Crippen LogP contribution in [0.5, 0.6) is 0 Å². The third kappa shape index (κ3) is 3.74. The second-order valence-electron chi connectivity index (χ2n) is 6.10. The van der Waals surface area contributed by atoms with Crippen molar-refractivity contribution in [2.24, 2.45) is 11.8 Å². The predicted molar refractivity (Wildman–Crippen MR) is 86.2 cm³/mol. The molecule has 1 aliphatic rings. The number of imidazole rings is 1. The Hall–Kier alpha value is -1.57. The molecule has 1 amide bonds. The normalized spacial score (nSPS) is 21.8. The number of carbonyl (C=O) groups is 1. The monoisotopic (exact) mass is 403 g/mol. The van der Waals surface area contributed by atoms with Crippen LogP contribution in [-0.2, 0) is 11.3 Å². The molecular weight excluding hydrogens is 387 g/mol. The molecule has 3 rings (SSSR count). The minimum absolute atomic E-state index is 0.0317. The quantitative estimate of drug-likeness (QED) is 0.838. The fourth-order valence-corrected chi connectivity index (χ4v) is 3.60. The van der Waals surface area contributed by atoms with E-state index in [1.165, 1.54) is 0 Å². The van der Waals surface area contributed by atoms with E-state index in [0.717, 1.165) is 4.47 Å². The van der Waals surface area contributed by atoms with E-state index < -0.39 is 23.9 Å². The fraction of sp³-hybridized carbons (Fsp3) is 0.500. The third-order valence-corrected chi connectivity index (χ3v) is 4.90. The summed E-state index contributed by atoms with van der Waals surface area (Å²) in [6, 6.07) is 3.66. The number of pyridine rings is 1. The highest BCUT2D eigenvalue weighted by Crippen LogP contribution is 2.41. The molecule has 2 aromatic heterocycles. The average Bonchev–Trinajstić information content (AvgIpc) is 2.93. The Morgan fingerprint density at radius 1 is 1.29 bits per heavy atom. The predicted octanol–water partition coefficient (Wildman–Crippen LogP) is 4.08. The molecule has 0 radical (unpaired) electrons. The van der Waals surface area contributed by atoms with E-state index in [4.69, 9.17) is 0 Å². The summed E-state index contributed by atoms with van der Waals surface area (Å²) >= 11 is 3.36. The Labute approximate surface area is 145 Å². The topological polar surface area (TPSA) is 46.4 Å². The standard InChI is InChI=1S/C16H17BrF3N3O/c17-10-5-6-14-22-11(9-23(14)8-10)7-21-15(24)12-3-1-2-4-13(12)16(18,19)20/h5-6,8-9,12-13H,1-4,7H2,(H,21,24). The van der Waals surface area contributed by atoms with Crippen LogP contribution in [0.4, 0.5) is 13.2 Å². The lowest BCUT2D eigenvalue weighted by molar-refractivity contribution is -0.198. The first-order valence-electron chi connectivity index (χ1n) is 7.82. The Bertz CT molecular complexity index is 744. The molecular formula is C16H17BrF3N3O. The van der Waals surface area contributed by atoms with Crippen molar-refractivity contribution in [3.63, 3.8) is 0 Å². The van der Waals surface area contributed by atoms with Crippen LogP contribution in [-0.4, -0.2) is 21.5 Å². The van der Waals surface area contributed by atoms with Crippen LogP contribution in [0.2, 0.25) is 0 Å². The Kier molecular flexibility index (Phi) is 4.85. The van der Waals surface area contributed by atoms with Gasteiger partial charge in [-0.15, -0.1) is 0 Å². The number of hydrogen-bond acceptors (Lipinski definition) is 2. The van der Waals surface area contributed by atoms with Gasteiger partial charge in [0.15, 0.2) is 0 Å². The Morgan fingerprint density at radius 3 is 2.79 bits per heavy atom. The van der Waals surface area contributed by atoms with Gasteiger partial charge >= 0.3 is 6.18 Å². The van der Waals surface area contributed by atoms with Crippen LogP contribution in [0.1, 0.15) is 31.4 Å². The summed E-state index contributed by atoms with van der Waals surface area (Å²) in [6.45, 7) is 0.124. The van der Waals surface area contributed by atoms with Crippen molar-refractivity contribution in [2.75, 3.05) is 0 Å². The smallest absolute Gasteiger partial charge is 0.350 e. The summed E-state index contributed by atoms with van der Waals surface area (Å²) < 4.78 is 42.0. The lowest BCUT2D eigenvalue weighted by atomic mass is 9.78. The number of halogens is 4. The van der Waals surface area contributed by atoms with Gasteiger partial charge in [-0.2, -0.15) is 13.2 Å². The maximum absolute atomic E-state index is 13.1. The van der Waals surface area contributed by atoms with Crippen LogP contribution in [0.25, 0.3) is 5.65 Å². The number of carbonyl (C=O) groups excluding carboxylic acids is 1. The highest BCUT2D eigenvalue weighted by atomic mass is 79.9. The van der Waals surface area contributed by atoms with Crippen LogP contribution < -0.4 is 5.32 Å². The van der Waals surface area contributed by atoms with Crippen molar-refractivity contribution in [2.45, 2.75) is 38.4 Å². The first-order chi connectivity index (χ1) is 11.3. The minimum Gasteiger partial charge on any atom is -0.350 e. The zero-order valence-corrected chi connectivity index (χ0v) is 14.4. The molecule has 2 atom stereocenters. The molecule has 0 spiro atoms. The van der Waals surface area contributed by atoms with Gasteiger partial charge in [-0.3, -0.25) is 4.79 Å². The van der Waals surface area contributed by atoms with E-state index in [1.54, 1.807) is 10.6 Å². The molecule has 1 aliphatic carbocycles. The van der Waals surface area contributed by atoms with E-state index in [1.807, 2.05) is 18.3 Å². The summed E-state index contributed by atoms with van der Waals surface area (Å²) in [6.07, 6.45) is 0.759. The van der Waals surface area contributed by atoms with E-state index >= 15 is 0 Å². The lowest BCUT2D eigenvalue weighted by Gasteiger charge is -2.31. The van der Waals surface area contributed by atoms with E-state index in [2.05, 4.69) is 26.2 Å². The van der Waals surface area contributed by atoms with Crippen LogP contribution >= 0.6 is 15.9 Å². The number of alkyl halides is 3. The molecule has 2 unspecified atom stereocenters. The molecule has 0 bridgehead atoms. The maximum Gasteiger partial charge on any atom is 0.392 e. The number of amides is 1. The molecule has 0 aliphatic heterocycles. The second kappa shape index (κ2) is 6.74. The zero-order valence-electron chi connectivity index (χ0n) is 12.8. The van der Waals surface area contributed by atoms with E-state index in [-0.39, 0.29) is 19.4 Å². The van der Waals surface area contributed by atoms with Crippen molar-refractivity contribution in [3.05, 3.63) is 34.7 Å². The zero-order chi connectivity index (χ0) is 17.3. The summed E-state index contributed by atoms with van der Waals surface area (Å²) in [5.41, 5.74) is 1.33. The van der Waals surface area contributed by atoms with E-state index in [0.29, 0.717) is 24.2 Å². The largest absolute Gasteiger partial charge is 0.392 e. The molecule has 8 heteroatoms. The van der Waals surface area contributed by atoms with Gasteiger partial charge in [-0.25, -0.2) is 4.98 Å². The van der Waals surface area contributed by atoms with Gasteiger partial charge in [-0.05, 0) is 40.9 Å². The Balaban J connectivity index is 1.67. The fourth-order valence-electron chi connectivity index (χ4n) is 3.25. The molecule has 0 saturated heterocycles. The minimum atomic E-state index is -4.32. The van der Waals surface area contributed by atoms with Gasteiger partial charge in [0.05, 0.1) is 18.2 Å². The number of nitrogens with one attached hydrogen (secondary N) is 1. The van der Waals surface area contributed by atoms with Crippen molar-refractivity contribution in [1.29, 1.82) is 0 Å². The van der Waals surface area contributed by atoms with Crippen LogP contribution in [0, 0.1) is 11.8 Å². The van der Waals surface area contributed by atoms with Crippen molar-refractivity contribution < 1.29 is 18.0 Å². The molecule has 1 N–H and O–H groups in total. The third-order valence-electron chi connectivity index (χ3n) is 4.43. The van der Waals surface area contributed by atoms with Gasteiger partial charge in [0.1, 0.15) is 5.65 Å². The number of hydrogen-bond donors (Lipinski definition) is 1. The first-order valence-corrected chi connectivity index (χ1v) is 8.61. The van der Waals surface area contributed by atoms with Gasteiger partial charge < -0.3 is 9.72 Å². The van der Waals surface area contributed by atoms with Crippen molar-refractivity contribution in [3.8, 4) is 0 Å². The lowest BCUT2D eigenvalue weighted by Crippen LogP contribution is -2.42. The maximum atomic E-state index is 13.1. The number of aromatic nitrogens is 2. The van der Waals surface area contributed by atoms with Gasteiger partial charge in [-0.1, -0.05) is 12.8 Å². The molecule has 24 heavy (non-hydrogen) atoms. The second-order valence-corrected chi connectivity index (χ2v) is 7.02. The number of fused-ring (bicyclic) bond motifs is 1.